The van der Waals surface area contributed by atoms with Crippen molar-refractivity contribution in [2.45, 2.75) is 33.5 Å². The zero-order valence-corrected chi connectivity index (χ0v) is 9.76. The van der Waals surface area contributed by atoms with Gasteiger partial charge in [-0.25, -0.2) is 4.68 Å². The number of rotatable bonds is 1. The lowest BCUT2D eigenvalue weighted by Crippen LogP contribution is -2.18. The lowest BCUT2D eigenvalue weighted by Gasteiger charge is -2.18. The van der Waals surface area contributed by atoms with Crippen LogP contribution in [0.15, 0.2) is 0 Å². The number of aromatic nitrogens is 2. The van der Waals surface area contributed by atoms with Gasteiger partial charge < -0.3 is 5.73 Å². The number of nitrogen functional groups attached to an aromatic ring is 1. The molecule has 1 aromatic heterocycles. The number of nitrogens with two attached hydrogens (primary N) is 1. The molecule has 0 bridgehead atoms. The third kappa shape index (κ3) is 2.90. The number of hydrogen-bond acceptors (Lipinski definition) is 3. The molecule has 0 unspecified atom stereocenters. The van der Waals surface area contributed by atoms with Crippen molar-refractivity contribution in [3.63, 3.8) is 0 Å². The molecule has 0 saturated carbocycles. The summed E-state index contributed by atoms with van der Waals surface area (Å²) in [6.45, 7) is 5.73. The normalized spacial score (nSPS) is 12.5. The summed E-state index contributed by atoms with van der Waals surface area (Å²) < 4.78 is 38.8. The van der Waals surface area contributed by atoms with Crippen molar-refractivity contribution < 1.29 is 13.2 Å². The van der Waals surface area contributed by atoms with Crippen molar-refractivity contribution in [3.05, 3.63) is 11.3 Å². The van der Waals surface area contributed by atoms with Gasteiger partial charge in [0.05, 0.1) is 0 Å². The van der Waals surface area contributed by atoms with Crippen LogP contribution in [0.4, 0.5) is 19.0 Å². The Balaban J connectivity index is 3.30. The molecule has 1 heterocycles. The summed E-state index contributed by atoms with van der Waals surface area (Å²) in [5.74, 6) is -0.241. The molecule has 0 aliphatic carbocycles. The molecule has 0 saturated heterocycles. The predicted octanol–water partition coefficient (Wildman–Crippen LogP) is 2.40. The molecule has 0 fully saturated rings. The third-order valence-corrected chi connectivity index (χ3v) is 2.00. The molecule has 0 radical (unpaired) electrons. The minimum absolute atomic E-state index is 0.212. The number of alkyl halides is 3. The molecule has 1 aromatic rings. The van der Waals surface area contributed by atoms with Crippen LogP contribution in [0.5, 0.6) is 0 Å². The first-order chi connectivity index (χ1) is 7.56. The number of halogens is 3. The van der Waals surface area contributed by atoms with Gasteiger partial charge in [0.15, 0.2) is 5.69 Å². The summed E-state index contributed by atoms with van der Waals surface area (Å²) in [4.78, 5) is 0. The van der Waals surface area contributed by atoms with Crippen molar-refractivity contribution in [1.29, 1.82) is 5.26 Å². The first kappa shape index (κ1) is 13.4. The molecule has 0 aliphatic rings. The van der Waals surface area contributed by atoms with Gasteiger partial charge in [-0.1, -0.05) is 20.8 Å². The van der Waals surface area contributed by atoms with E-state index in [2.05, 4.69) is 5.10 Å². The van der Waals surface area contributed by atoms with Crippen LogP contribution in [0.1, 0.15) is 32.0 Å². The molecular formula is C10H13F3N4. The van der Waals surface area contributed by atoms with E-state index in [0.717, 1.165) is 4.68 Å². The minimum Gasteiger partial charge on any atom is -0.383 e. The zero-order valence-electron chi connectivity index (χ0n) is 9.76. The smallest absolute Gasteiger partial charge is 0.383 e. The van der Waals surface area contributed by atoms with Crippen LogP contribution in [0, 0.1) is 16.7 Å². The summed E-state index contributed by atoms with van der Waals surface area (Å²) in [7, 11) is 0. The summed E-state index contributed by atoms with van der Waals surface area (Å²) in [5.41, 5.74) is 3.38. The highest BCUT2D eigenvalue weighted by molar-refractivity contribution is 5.52. The maximum absolute atomic E-state index is 12.6. The molecule has 94 valence electrons. The molecule has 0 amide bonds. The zero-order chi connectivity index (χ0) is 13.4. The van der Waals surface area contributed by atoms with Gasteiger partial charge in [-0.15, -0.1) is 0 Å². The number of nitriles is 1. The van der Waals surface area contributed by atoms with E-state index in [9.17, 15) is 13.2 Å². The monoisotopic (exact) mass is 246 g/mol. The Morgan fingerprint density at radius 2 is 1.88 bits per heavy atom. The van der Waals surface area contributed by atoms with E-state index in [4.69, 9.17) is 11.0 Å². The summed E-state index contributed by atoms with van der Waals surface area (Å²) >= 11 is 0. The van der Waals surface area contributed by atoms with E-state index < -0.39 is 17.4 Å². The first-order valence-electron chi connectivity index (χ1n) is 4.90. The van der Waals surface area contributed by atoms with Crippen molar-refractivity contribution in [1.82, 2.24) is 9.78 Å². The molecule has 0 aromatic carbocycles. The Kier molecular flexibility index (Phi) is 3.10. The van der Waals surface area contributed by atoms with Crippen LogP contribution in [-0.2, 0) is 12.7 Å². The second-order valence-corrected chi connectivity index (χ2v) is 4.94. The SMILES string of the molecule is CC(C)(C)Cn1nc(C(F)(F)F)c(C#N)c1N. The Labute approximate surface area is 96.8 Å². The topological polar surface area (TPSA) is 67.6 Å². The van der Waals surface area contributed by atoms with Crippen LogP contribution in [0.2, 0.25) is 0 Å². The Hall–Kier alpha value is -1.71. The van der Waals surface area contributed by atoms with Crippen molar-refractivity contribution in [2.24, 2.45) is 5.41 Å². The molecule has 4 nitrogen and oxygen atoms in total. The highest BCUT2D eigenvalue weighted by Gasteiger charge is 2.39. The lowest BCUT2D eigenvalue weighted by atomic mass is 9.97. The molecule has 1 rings (SSSR count). The quantitative estimate of drug-likeness (QED) is 0.827. The van der Waals surface area contributed by atoms with Gasteiger partial charge in [0, 0.05) is 6.54 Å². The van der Waals surface area contributed by atoms with Crippen molar-refractivity contribution >= 4 is 5.82 Å². The fourth-order valence-corrected chi connectivity index (χ4v) is 1.35. The lowest BCUT2D eigenvalue weighted by molar-refractivity contribution is -0.141. The molecule has 0 spiro atoms. The summed E-state index contributed by atoms with van der Waals surface area (Å²) in [6, 6.07) is 1.45. The molecule has 2 N–H and O–H groups in total. The average molecular weight is 246 g/mol. The molecule has 0 atom stereocenters. The van der Waals surface area contributed by atoms with Gasteiger partial charge >= 0.3 is 6.18 Å². The highest BCUT2D eigenvalue weighted by Crippen LogP contribution is 2.34. The summed E-state index contributed by atoms with van der Waals surface area (Å²) in [5, 5.41) is 12.1. The van der Waals surface area contributed by atoms with Gasteiger partial charge in [0.25, 0.3) is 0 Å². The van der Waals surface area contributed by atoms with Gasteiger partial charge in [-0.2, -0.15) is 23.5 Å². The van der Waals surface area contributed by atoms with E-state index in [1.165, 1.54) is 6.07 Å². The maximum Gasteiger partial charge on any atom is 0.436 e. The largest absolute Gasteiger partial charge is 0.436 e. The van der Waals surface area contributed by atoms with Crippen LogP contribution < -0.4 is 5.73 Å². The Morgan fingerprint density at radius 3 is 2.18 bits per heavy atom. The molecule has 0 aliphatic heterocycles. The Bertz CT molecular complexity index is 460. The van der Waals surface area contributed by atoms with E-state index >= 15 is 0 Å². The molecule has 7 heteroatoms. The van der Waals surface area contributed by atoms with Crippen LogP contribution in [0.25, 0.3) is 0 Å². The van der Waals surface area contributed by atoms with Gasteiger partial charge in [0.1, 0.15) is 17.5 Å². The molecule has 17 heavy (non-hydrogen) atoms. The van der Waals surface area contributed by atoms with Crippen molar-refractivity contribution in [3.8, 4) is 6.07 Å². The van der Waals surface area contributed by atoms with Crippen LogP contribution >= 0.6 is 0 Å². The average Bonchev–Trinajstić information content (AvgIpc) is 2.40. The predicted molar refractivity (Wildman–Crippen MR) is 55.8 cm³/mol. The van der Waals surface area contributed by atoms with Gasteiger partial charge in [-0.3, -0.25) is 0 Å². The van der Waals surface area contributed by atoms with E-state index in [-0.39, 0.29) is 17.8 Å². The number of nitrogens with zero attached hydrogens (tertiary/aromatic N) is 3. The van der Waals surface area contributed by atoms with Crippen LogP contribution in [-0.4, -0.2) is 9.78 Å². The maximum atomic E-state index is 12.6. The molecular weight excluding hydrogens is 233 g/mol. The van der Waals surface area contributed by atoms with E-state index in [0.29, 0.717) is 0 Å². The van der Waals surface area contributed by atoms with Crippen molar-refractivity contribution in [2.75, 3.05) is 5.73 Å². The Morgan fingerprint density at radius 1 is 1.35 bits per heavy atom. The number of hydrogen-bond donors (Lipinski definition) is 1. The fraction of sp³-hybridized carbons (Fsp3) is 0.600. The fourth-order valence-electron chi connectivity index (χ4n) is 1.35. The van der Waals surface area contributed by atoms with Gasteiger partial charge in [0.2, 0.25) is 0 Å². The standard InChI is InChI=1S/C10H13F3N4/c1-9(2,3)5-17-8(15)6(4-14)7(16-17)10(11,12)13/h5,15H2,1-3H3. The van der Waals surface area contributed by atoms with Gasteiger partial charge in [-0.05, 0) is 5.41 Å². The first-order valence-corrected chi connectivity index (χ1v) is 4.90. The second-order valence-electron chi connectivity index (χ2n) is 4.94. The van der Waals surface area contributed by atoms with E-state index in [1.54, 1.807) is 0 Å². The second kappa shape index (κ2) is 3.95. The number of anilines is 1. The third-order valence-electron chi connectivity index (χ3n) is 2.00. The summed E-state index contributed by atoms with van der Waals surface area (Å²) in [6.07, 6.45) is -4.66. The minimum atomic E-state index is -4.66. The highest BCUT2D eigenvalue weighted by atomic mass is 19.4. The van der Waals surface area contributed by atoms with E-state index in [1.807, 2.05) is 20.8 Å². The van der Waals surface area contributed by atoms with Crippen LogP contribution in [0.3, 0.4) is 0 Å².